The van der Waals surface area contributed by atoms with Gasteiger partial charge in [0.25, 0.3) is 0 Å². The maximum absolute atomic E-state index is 13.1. The van der Waals surface area contributed by atoms with Gasteiger partial charge >= 0.3 is 0 Å². The maximum atomic E-state index is 13.1. The van der Waals surface area contributed by atoms with E-state index in [1.165, 1.54) is 0 Å². The molecule has 118 valence electrons. The fourth-order valence-corrected chi connectivity index (χ4v) is 4.27. The molecule has 2 unspecified atom stereocenters. The Hall–Kier alpha value is -1.16. The molecule has 1 spiro atoms. The van der Waals surface area contributed by atoms with Gasteiger partial charge in [-0.15, -0.1) is 0 Å². The fourth-order valence-electron chi connectivity index (χ4n) is 3.85. The number of amides is 1. The number of Topliss-reactive ketones (excluding diaryl/α,β-unsaturated/α-hetero) is 1. The third-order valence-electron chi connectivity index (χ3n) is 5.07. The van der Waals surface area contributed by atoms with Crippen LogP contribution in [0.5, 0.6) is 0 Å². The molecule has 2 aliphatic rings. The second-order valence-corrected chi connectivity index (χ2v) is 7.54. The zero-order valence-corrected chi connectivity index (χ0v) is 14.5. The molecule has 0 bridgehead atoms. The summed E-state index contributed by atoms with van der Waals surface area (Å²) in [5.41, 5.74) is 1.34. The normalized spacial score (nSPS) is 25.3. The van der Waals surface area contributed by atoms with Crippen LogP contribution >= 0.6 is 15.9 Å². The first-order valence-electron chi connectivity index (χ1n) is 8.18. The lowest BCUT2D eigenvalue weighted by molar-refractivity contribution is -0.125. The molecule has 22 heavy (non-hydrogen) atoms. The minimum Gasteiger partial charge on any atom is -0.343 e. The highest BCUT2D eigenvalue weighted by molar-refractivity contribution is 9.09. The Balaban J connectivity index is 1.99. The predicted molar refractivity (Wildman–Crippen MR) is 90.1 cm³/mol. The Labute approximate surface area is 140 Å². The van der Waals surface area contributed by atoms with E-state index in [1.54, 1.807) is 0 Å². The van der Waals surface area contributed by atoms with E-state index in [1.807, 2.05) is 24.3 Å². The van der Waals surface area contributed by atoms with Crippen LogP contribution in [0.1, 0.15) is 67.3 Å². The molecule has 0 aromatic heterocycles. The molecular weight excluding hydrogens is 342 g/mol. The highest BCUT2D eigenvalue weighted by Crippen LogP contribution is 2.41. The van der Waals surface area contributed by atoms with Gasteiger partial charge in [0.1, 0.15) is 5.92 Å². The zero-order chi connectivity index (χ0) is 15.7. The van der Waals surface area contributed by atoms with Gasteiger partial charge in [0.05, 0.1) is 5.54 Å². The van der Waals surface area contributed by atoms with Crippen molar-refractivity contribution < 1.29 is 9.59 Å². The molecule has 3 nitrogen and oxygen atoms in total. The van der Waals surface area contributed by atoms with E-state index in [9.17, 15) is 9.59 Å². The van der Waals surface area contributed by atoms with E-state index in [2.05, 4.69) is 28.2 Å². The average molecular weight is 364 g/mol. The van der Waals surface area contributed by atoms with Crippen LogP contribution in [-0.2, 0) is 9.59 Å². The summed E-state index contributed by atoms with van der Waals surface area (Å²) in [7, 11) is 0. The monoisotopic (exact) mass is 363 g/mol. The molecule has 2 atom stereocenters. The van der Waals surface area contributed by atoms with Gasteiger partial charge in [0.15, 0.2) is 5.78 Å². The first-order chi connectivity index (χ1) is 10.6. The van der Waals surface area contributed by atoms with Crippen LogP contribution in [0, 0.1) is 0 Å². The van der Waals surface area contributed by atoms with Crippen LogP contribution in [-0.4, -0.2) is 17.2 Å². The van der Waals surface area contributed by atoms with Crippen LogP contribution in [0.2, 0.25) is 0 Å². The molecule has 1 aliphatic heterocycles. The predicted octanol–water partition coefficient (Wildman–Crippen LogP) is 4.02. The molecule has 0 radical (unpaired) electrons. The van der Waals surface area contributed by atoms with Crippen LogP contribution in [0.3, 0.4) is 0 Å². The number of carbonyl (C=O) groups is 2. The van der Waals surface area contributed by atoms with Crippen molar-refractivity contribution in [2.45, 2.75) is 61.7 Å². The summed E-state index contributed by atoms with van der Waals surface area (Å²) in [5.74, 6) is -0.670. The second-order valence-electron chi connectivity index (χ2n) is 6.43. The lowest BCUT2D eigenvalue weighted by Gasteiger charge is -2.31. The molecule has 1 saturated carbocycles. The van der Waals surface area contributed by atoms with Crippen molar-refractivity contribution in [1.29, 1.82) is 0 Å². The van der Waals surface area contributed by atoms with Crippen LogP contribution < -0.4 is 5.32 Å². The minimum absolute atomic E-state index is 0.0838. The Morgan fingerprint density at radius 2 is 1.91 bits per heavy atom. The quantitative estimate of drug-likeness (QED) is 0.651. The summed E-state index contributed by atoms with van der Waals surface area (Å²) in [6.45, 7) is 2.09. The number of hydrogen-bond donors (Lipinski definition) is 1. The van der Waals surface area contributed by atoms with Crippen LogP contribution in [0.15, 0.2) is 24.3 Å². The summed E-state index contributed by atoms with van der Waals surface area (Å²) in [4.78, 5) is 25.8. The summed E-state index contributed by atoms with van der Waals surface area (Å²) < 4.78 is 0. The van der Waals surface area contributed by atoms with Crippen molar-refractivity contribution in [1.82, 2.24) is 5.32 Å². The highest BCUT2D eigenvalue weighted by atomic mass is 79.9. The standard InChI is InChI=1S/C18H22BrNO2/c1-2-14(19)12-8-4-5-9-13(12)15-16(21)18(20-17(15)22)10-6-3-7-11-18/h4-5,8-9,14-15H,2-3,6-7,10-11H2,1H3,(H,20,22). The van der Waals surface area contributed by atoms with E-state index in [0.717, 1.165) is 49.7 Å². The van der Waals surface area contributed by atoms with Gasteiger partial charge in [-0.05, 0) is 30.4 Å². The van der Waals surface area contributed by atoms with Crippen LogP contribution in [0.25, 0.3) is 0 Å². The number of alkyl halides is 1. The van der Waals surface area contributed by atoms with Crippen molar-refractivity contribution in [3.63, 3.8) is 0 Å². The third-order valence-corrected chi connectivity index (χ3v) is 6.21. The summed E-state index contributed by atoms with van der Waals surface area (Å²) >= 11 is 3.67. The summed E-state index contributed by atoms with van der Waals surface area (Å²) in [5, 5.41) is 3.05. The first-order valence-corrected chi connectivity index (χ1v) is 9.10. The third kappa shape index (κ3) is 2.51. The number of hydrogen-bond acceptors (Lipinski definition) is 2. The second kappa shape index (κ2) is 6.15. The smallest absolute Gasteiger partial charge is 0.235 e. The van der Waals surface area contributed by atoms with Crippen molar-refractivity contribution in [3.05, 3.63) is 35.4 Å². The van der Waals surface area contributed by atoms with E-state index in [0.29, 0.717) is 0 Å². The van der Waals surface area contributed by atoms with Gasteiger partial charge in [-0.2, -0.15) is 0 Å². The van der Waals surface area contributed by atoms with E-state index in [-0.39, 0.29) is 16.5 Å². The minimum atomic E-state index is -0.638. The SMILES string of the molecule is CCC(Br)c1ccccc1C1C(=O)NC2(CCCCC2)C1=O. The molecule has 1 aromatic carbocycles. The van der Waals surface area contributed by atoms with Crippen LogP contribution in [0.4, 0.5) is 0 Å². The Kier molecular flexibility index (Phi) is 4.40. The highest BCUT2D eigenvalue weighted by Gasteiger charge is 2.53. The molecule has 3 rings (SSSR count). The fraction of sp³-hybridized carbons (Fsp3) is 0.556. The zero-order valence-electron chi connectivity index (χ0n) is 12.9. The molecule has 1 heterocycles. The molecular formula is C18H22BrNO2. The molecule has 1 aliphatic carbocycles. The molecule has 1 aromatic rings. The van der Waals surface area contributed by atoms with Crippen molar-refractivity contribution in [2.75, 3.05) is 0 Å². The van der Waals surface area contributed by atoms with Gasteiger partial charge in [0.2, 0.25) is 5.91 Å². The molecule has 1 N–H and O–H groups in total. The Morgan fingerprint density at radius 3 is 2.59 bits per heavy atom. The number of halogens is 1. The first kappa shape index (κ1) is 15.7. The summed E-state index contributed by atoms with van der Waals surface area (Å²) in [6, 6.07) is 7.84. The lowest BCUT2D eigenvalue weighted by Crippen LogP contribution is -2.47. The molecule has 1 amide bonds. The van der Waals surface area contributed by atoms with Crippen molar-refractivity contribution >= 4 is 27.6 Å². The number of ketones is 1. The van der Waals surface area contributed by atoms with Crippen molar-refractivity contribution in [2.24, 2.45) is 0 Å². The molecule has 1 saturated heterocycles. The van der Waals surface area contributed by atoms with E-state index in [4.69, 9.17) is 0 Å². The molecule has 4 heteroatoms. The summed E-state index contributed by atoms with van der Waals surface area (Å²) in [6.07, 6.45) is 5.71. The lowest BCUT2D eigenvalue weighted by atomic mass is 9.76. The van der Waals surface area contributed by atoms with Gasteiger partial charge < -0.3 is 5.32 Å². The number of benzene rings is 1. The van der Waals surface area contributed by atoms with Gasteiger partial charge in [-0.1, -0.05) is 66.4 Å². The van der Waals surface area contributed by atoms with Gasteiger partial charge in [0, 0.05) is 4.83 Å². The van der Waals surface area contributed by atoms with Gasteiger partial charge in [-0.25, -0.2) is 0 Å². The Morgan fingerprint density at radius 1 is 1.23 bits per heavy atom. The van der Waals surface area contributed by atoms with E-state index >= 15 is 0 Å². The number of carbonyl (C=O) groups excluding carboxylic acids is 2. The topological polar surface area (TPSA) is 46.2 Å². The van der Waals surface area contributed by atoms with E-state index < -0.39 is 11.5 Å². The Bertz CT molecular complexity index is 593. The largest absolute Gasteiger partial charge is 0.343 e. The van der Waals surface area contributed by atoms with Gasteiger partial charge in [-0.3, -0.25) is 9.59 Å². The van der Waals surface area contributed by atoms with Crippen molar-refractivity contribution in [3.8, 4) is 0 Å². The maximum Gasteiger partial charge on any atom is 0.235 e. The molecule has 2 fully saturated rings. The average Bonchev–Trinajstić information content (AvgIpc) is 2.77. The number of rotatable bonds is 3. The number of nitrogens with one attached hydrogen (secondary N) is 1.